The molecule has 0 aliphatic carbocycles. The van der Waals surface area contributed by atoms with Gasteiger partial charge in [-0.1, -0.05) is 0 Å². The van der Waals surface area contributed by atoms with Gasteiger partial charge in [0.2, 0.25) is 5.91 Å². The zero-order valence-electron chi connectivity index (χ0n) is 9.00. The van der Waals surface area contributed by atoms with Crippen LogP contribution in [0.2, 0.25) is 0 Å². The van der Waals surface area contributed by atoms with Gasteiger partial charge in [0.15, 0.2) is 0 Å². The monoisotopic (exact) mass is 210 g/mol. The number of aryl methyl sites for hydroxylation is 2. The molecule has 0 unspecified atom stereocenters. The van der Waals surface area contributed by atoms with Crippen molar-refractivity contribution in [2.45, 2.75) is 20.4 Å². The van der Waals surface area contributed by atoms with E-state index >= 15 is 0 Å². The molecule has 0 aromatic carbocycles. The molecule has 0 saturated heterocycles. The average molecular weight is 210 g/mol. The maximum atomic E-state index is 11.2. The van der Waals surface area contributed by atoms with E-state index in [1.54, 1.807) is 19.9 Å². The molecule has 2 N–H and O–H groups in total. The van der Waals surface area contributed by atoms with Crippen LogP contribution in [-0.4, -0.2) is 28.6 Å². The third-order valence-electron chi connectivity index (χ3n) is 2.28. The topological polar surface area (TPSA) is 71.3 Å². The van der Waals surface area contributed by atoms with Crippen LogP contribution in [-0.2, 0) is 11.3 Å². The van der Waals surface area contributed by atoms with E-state index in [1.165, 1.54) is 11.6 Å². The average Bonchev–Trinajstić information content (AvgIpc) is 2.41. The molecule has 15 heavy (non-hydrogen) atoms. The molecule has 0 aliphatic rings. The third-order valence-corrected chi connectivity index (χ3v) is 2.28. The maximum Gasteiger partial charge on any atom is 0.352 e. The van der Waals surface area contributed by atoms with Crippen molar-refractivity contribution in [3.8, 4) is 0 Å². The molecule has 0 fully saturated rings. The number of carbonyl (C=O) groups is 2. The molecule has 0 aliphatic heterocycles. The number of carbonyl (C=O) groups excluding carboxylic acids is 1. The molecule has 1 amide bonds. The summed E-state index contributed by atoms with van der Waals surface area (Å²) in [5.74, 6) is -1.22. The fourth-order valence-corrected chi connectivity index (χ4v) is 1.56. The second-order valence-corrected chi connectivity index (χ2v) is 3.38. The summed E-state index contributed by atoms with van der Waals surface area (Å²) in [4.78, 5) is 22.2. The predicted molar refractivity (Wildman–Crippen MR) is 54.9 cm³/mol. The quantitative estimate of drug-likeness (QED) is 0.765. The first-order valence-electron chi connectivity index (χ1n) is 4.58. The second kappa shape index (κ2) is 4.16. The Morgan fingerprint density at radius 1 is 1.47 bits per heavy atom. The van der Waals surface area contributed by atoms with Crippen molar-refractivity contribution in [1.29, 1.82) is 0 Å². The van der Waals surface area contributed by atoms with E-state index in [1.807, 2.05) is 0 Å². The zero-order chi connectivity index (χ0) is 11.6. The van der Waals surface area contributed by atoms with E-state index < -0.39 is 5.97 Å². The molecule has 5 heteroatoms. The van der Waals surface area contributed by atoms with Crippen molar-refractivity contribution in [2.24, 2.45) is 0 Å². The number of aromatic carboxylic acids is 1. The van der Waals surface area contributed by atoms with Gasteiger partial charge in [-0.15, -0.1) is 0 Å². The first-order valence-corrected chi connectivity index (χ1v) is 4.58. The minimum absolute atomic E-state index is 0.0395. The predicted octanol–water partition coefficient (Wildman–Crippen LogP) is 0.549. The van der Waals surface area contributed by atoms with Crippen molar-refractivity contribution in [3.05, 3.63) is 23.0 Å². The highest BCUT2D eigenvalue weighted by Gasteiger charge is 2.17. The zero-order valence-corrected chi connectivity index (χ0v) is 9.00. The summed E-state index contributed by atoms with van der Waals surface area (Å²) >= 11 is 0. The molecule has 0 saturated carbocycles. The number of carboxylic acids is 1. The minimum atomic E-state index is -1.01. The normalized spacial score (nSPS) is 10.1. The molecule has 1 aromatic rings. The molecular weight excluding hydrogens is 196 g/mol. The van der Waals surface area contributed by atoms with Crippen molar-refractivity contribution >= 4 is 11.9 Å². The van der Waals surface area contributed by atoms with Crippen LogP contribution in [0, 0.1) is 13.8 Å². The first-order chi connectivity index (χ1) is 6.97. The van der Waals surface area contributed by atoms with Crippen molar-refractivity contribution in [3.63, 3.8) is 0 Å². The Morgan fingerprint density at radius 3 is 2.53 bits per heavy atom. The van der Waals surface area contributed by atoms with Gasteiger partial charge in [0.25, 0.3) is 0 Å². The molecule has 0 radical (unpaired) electrons. The summed E-state index contributed by atoms with van der Waals surface area (Å²) in [6.45, 7) is 3.54. The Balaban J connectivity index is 3.15. The molecule has 1 heterocycles. The highest BCUT2D eigenvalue weighted by atomic mass is 16.4. The lowest BCUT2D eigenvalue weighted by molar-refractivity contribution is -0.121. The summed E-state index contributed by atoms with van der Waals surface area (Å²) in [7, 11) is 1.52. The van der Waals surface area contributed by atoms with Crippen molar-refractivity contribution in [1.82, 2.24) is 9.88 Å². The fraction of sp³-hybridized carbons (Fsp3) is 0.400. The van der Waals surface area contributed by atoms with Gasteiger partial charge in [0, 0.05) is 12.7 Å². The fourth-order valence-electron chi connectivity index (χ4n) is 1.56. The van der Waals surface area contributed by atoms with Crippen LogP contribution in [0.25, 0.3) is 0 Å². The van der Waals surface area contributed by atoms with Gasteiger partial charge in [-0.25, -0.2) is 4.79 Å². The SMILES string of the molecule is CNC(=O)Cn1c(C)cc(C)c1C(=O)O. The van der Waals surface area contributed by atoms with Crippen LogP contribution in [0.3, 0.4) is 0 Å². The molecular formula is C10H14N2O3. The smallest absolute Gasteiger partial charge is 0.352 e. The van der Waals surface area contributed by atoms with E-state index in [0.717, 1.165) is 5.69 Å². The van der Waals surface area contributed by atoms with E-state index in [0.29, 0.717) is 5.56 Å². The van der Waals surface area contributed by atoms with Gasteiger partial charge < -0.3 is 15.0 Å². The van der Waals surface area contributed by atoms with Gasteiger partial charge in [-0.05, 0) is 25.5 Å². The Labute approximate surface area is 87.7 Å². The molecule has 1 aromatic heterocycles. The number of nitrogens with one attached hydrogen (secondary N) is 1. The van der Waals surface area contributed by atoms with Gasteiger partial charge in [0.1, 0.15) is 12.2 Å². The summed E-state index contributed by atoms with van der Waals surface area (Å²) in [5, 5.41) is 11.5. The Morgan fingerprint density at radius 2 is 2.07 bits per heavy atom. The Hall–Kier alpha value is -1.78. The Bertz CT molecular complexity index is 407. The largest absolute Gasteiger partial charge is 0.477 e. The van der Waals surface area contributed by atoms with E-state index in [2.05, 4.69) is 5.32 Å². The van der Waals surface area contributed by atoms with E-state index in [4.69, 9.17) is 5.11 Å². The number of hydrogen-bond acceptors (Lipinski definition) is 2. The van der Waals surface area contributed by atoms with Gasteiger partial charge in [-0.3, -0.25) is 4.79 Å². The number of carboxylic acid groups (broad SMARTS) is 1. The number of hydrogen-bond donors (Lipinski definition) is 2. The number of likely N-dealkylation sites (N-methyl/N-ethyl adjacent to an activating group) is 1. The van der Waals surface area contributed by atoms with Gasteiger partial charge in [-0.2, -0.15) is 0 Å². The molecule has 0 atom stereocenters. The molecule has 0 spiro atoms. The third kappa shape index (κ3) is 2.18. The van der Waals surface area contributed by atoms with Crippen LogP contribution < -0.4 is 5.32 Å². The van der Waals surface area contributed by atoms with E-state index in [-0.39, 0.29) is 18.1 Å². The summed E-state index contributed by atoms with van der Waals surface area (Å²) < 4.78 is 1.50. The van der Waals surface area contributed by atoms with Crippen molar-refractivity contribution < 1.29 is 14.7 Å². The number of aromatic nitrogens is 1. The highest BCUT2D eigenvalue weighted by molar-refractivity contribution is 5.88. The standard InChI is InChI=1S/C10H14N2O3/c1-6-4-7(2)12(5-8(13)11-3)9(6)10(14)15/h4H,5H2,1-3H3,(H,11,13)(H,14,15). The van der Waals surface area contributed by atoms with Crippen LogP contribution in [0.15, 0.2) is 6.07 Å². The van der Waals surface area contributed by atoms with Crippen LogP contribution >= 0.6 is 0 Å². The van der Waals surface area contributed by atoms with Crippen molar-refractivity contribution in [2.75, 3.05) is 7.05 Å². The van der Waals surface area contributed by atoms with Gasteiger partial charge in [0.05, 0.1) is 0 Å². The number of rotatable bonds is 3. The van der Waals surface area contributed by atoms with Crippen LogP contribution in [0.4, 0.5) is 0 Å². The second-order valence-electron chi connectivity index (χ2n) is 3.38. The van der Waals surface area contributed by atoms with E-state index in [9.17, 15) is 9.59 Å². The lowest BCUT2D eigenvalue weighted by atomic mass is 10.2. The summed E-state index contributed by atoms with van der Waals surface area (Å²) in [5.41, 5.74) is 1.62. The first kappa shape index (κ1) is 11.3. The highest BCUT2D eigenvalue weighted by Crippen LogP contribution is 2.14. The van der Waals surface area contributed by atoms with Gasteiger partial charge >= 0.3 is 5.97 Å². The van der Waals surface area contributed by atoms with Crippen LogP contribution in [0.5, 0.6) is 0 Å². The number of nitrogens with zero attached hydrogens (tertiary/aromatic N) is 1. The maximum absolute atomic E-state index is 11.2. The molecule has 82 valence electrons. The molecule has 1 rings (SSSR count). The van der Waals surface area contributed by atoms with Crippen LogP contribution in [0.1, 0.15) is 21.7 Å². The molecule has 5 nitrogen and oxygen atoms in total. The lowest BCUT2D eigenvalue weighted by Gasteiger charge is -2.08. The lowest BCUT2D eigenvalue weighted by Crippen LogP contribution is -2.26. The number of amides is 1. The summed E-state index contributed by atoms with van der Waals surface area (Å²) in [6.07, 6.45) is 0. The summed E-state index contributed by atoms with van der Waals surface area (Å²) in [6, 6.07) is 1.76. The minimum Gasteiger partial charge on any atom is -0.477 e. The Kier molecular flexibility index (Phi) is 3.14. The molecule has 0 bridgehead atoms.